The first kappa shape index (κ1) is 11.0. The highest BCUT2D eigenvalue weighted by Gasteiger charge is 2.23. The molecule has 1 aliphatic heterocycles. The van der Waals surface area contributed by atoms with Crippen molar-refractivity contribution in [3.05, 3.63) is 23.8 Å². The maximum atomic E-state index is 11.8. The van der Waals surface area contributed by atoms with Crippen LogP contribution in [-0.2, 0) is 9.53 Å². The first-order valence-electron chi connectivity index (χ1n) is 5.46. The molecule has 1 amide bonds. The van der Waals surface area contributed by atoms with Gasteiger partial charge in [-0.1, -0.05) is 6.07 Å². The number of hydrogen-bond acceptors (Lipinski definition) is 3. The third kappa shape index (κ3) is 2.17. The molecule has 1 heterocycles. The predicted octanol–water partition coefficient (Wildman–Crippen LogP) is 1.69. The molecular formula is C12H16N2O2. The van der Waals surface area contributed by atoms with E-state index in [0.717, 1.165) is 24.1 Å². The van der Waals surface area contributed by atoms with Crippen LogP contribution in [-0.4, -0.2) is 18.6 Å². The first-order chi connectivity index (χ1) is 7.68. The van der Waals surface area contributed by atoms with Crippen LogP contribution in [0.1, 0.15) is 18.4 Å². The molecule has 86 valence electrons. The van der Waals surface area contributed by atoms with Gasteiger partial charge in [-0.2, -0.15) is 0 Å². The van der Waals surface area contributed by atoms with Crippen molar-refractivity contribution in [3.63, 3.8) is 0 Å². The van der Waals surface area contributed by atoms with Gasteiger partial charge in [-0.05, 0) is 37.5 Å². The SMILES string of the molecule is Cc1c(N)cccc1NC(=O)C1CCCO1. The number of anilines is 2. The van der Waals surface area contributed by atoms with Gasteiger partial charge in [-0.3, -0.25) is 4.79 Å². The molecule has 0 aromatic heterocycles. The van der Waals surface area contributed by atoms with Crippen LogP contribution in [0.2, 0.25) is 0 Å². The molecule has 1 aliphatic rings. The van der Waals surface area contributed by atoms with Gasteiger partial charge in [0.1, 0.15) is 6.10 Å². The number of amides is 1. The van der Waals surface area contributed by atoms with E-state index in [-0.39, 0.29) is 12.0 Å². The number of nitrogen functional groups attached to an aromatic ring is 1. The quantitative estimate of drug-likeness (QED) is 0.745. The van der Waals surface area contributed by atoms with Crippen LogP contribution < -0.4 is 11.1 Å². The van der Waals surface area contributed by atoms with Gasteiger partial charge in [0.2, 0.25) is 0 Å². The summed E-state index contributed by atoms with van der Waals surface area (Å²) in [6.07, 6.45) is 1.45. The van der Waals surface area contributed by atoms with Crippen molar-refractivity contribution in [1.29, 1.82) is 0 Å². The minimum absolute atomic E-state index is 0.0776. The number of nitrogens with one attached hydrogen (secondary N) is 1. The normalized spacial score (nSPS) is 19.7. The minimum atomic E-state index is -0.305. The summed E-state index contributed by atoms with van der Waals surface area (Å²) in [5, 5.41) is 2.85. The summed E-state index contributed by atoms with van der Waals surface area (Å²) in [6.45, 7) is 2.56. The molecule has 4 nitrogen and oxygen atoms in total. The Morgan fingerprint density at radius 1 is 1.56 bits per heavy atom. The second kappa shape index (κ2) is 4.53. The number of benzene rings is 1. The lowest BCUT2D eigenvalue weighted by molar-refractivity contribution is -0.124. The van der Waals surface area contributed by atoms with Crippen molar-refractivity contribution in [2.24, 2.45) is 0 Å². The maximum absolute atomic E-state index is 11.8. The minimum Gasteiger partial charge on any atom is -0.398 e. The highest BCUT2D eigenvalue weighted by Crippen LogP contribution is 2.22. The van der Waals surface area contributed by atoms with E-state index < -0.39 is 0 Å². The van der Waals surface area contributed by atoms with Gasteiger partial charge in [-0.25, -0.2) is 0 Å². The van der Waals surface area contributed by atoms with Crippen molar-refractivity contribution in [1.82, 2.24) is 0 Å². The molecular weight excluding hydrogens is 204 g/mol. The number of hydrogen-bond donors (Lipinski definition) is 2. The number of rotatable bonds is 2. The van der Waals surface area contributed by atoms with Crippen LogP contribution in [0.25, 0.3) is 0 Å². The smallest absolute Gasteiger partial charge is 0.253 e. The molecule has 0 radical (unpaired) electrons. The van der Waals surface area contributed by atoms with Gasteiger partial charge in [0.15, 0.2) is 0 Å². The summed E-state index contributed by atoms with van der Waals surface area (Å²) in [5.41, 5.74) is 8.11. The molecule has 0 saturated carbocycles. The van der Waals surface area contributed by atoms with Gasteiger partial charge >= 0.3 is 0 Å². The highest BCUT2D eigenvalue weighted by atomic mass is 16.5. The van der Waals surface area contributed by atoms with Crippen LogP contribution in [0.4, 0.5) is 11.4 Å². The van der Waals surface area contributed by atoms with E-state index in [1.165, 1.54) is 0 Å². The molecule has 1 atom stereocenters. The number of ether oxygens (including phenoxy) is 1. The Hall–Kier alpha value is -1.55. The topological polar surface area (TPSA) is 64.3 Å². The number of carbonyl (C=O) groups excluding carboxylic acids is 1. The Morgan fingerprint density at radius 3 is 3.06 bits per heavy atom. The largest absolute Gasteiger partial charge is 0.398 e. The predicted molar refractivity (Wildman–Crippen MR) is 63.2 cm³/mol. The molecule has 1 aromatic carbocycles. The summed E-state index contributed by atoms with van der Waals surface area (Å²) in [6, 6.07) is 5.49. The van der Waals surface area contributed by atoms with Gasteiger partial charge in [0, 0.05) is 18.0 Å². The van der Waals surface area contributed by atoms with Crippen molar-refractivity contribution in [2.75, 3.05) is 17.7 Å². The number of nitrogens with two attached hydrogens (primary N) is 1. The fourth-order valence-corrected chi connectivity index (χ4v) is 1.79. The molecule has 0 aliphatic carbocycles. The maximum Gasteiger partial charge on any atom is 0.253 e. The Bertz CT molecular complexity index is 398. The van der Waals surface area contributed by atoms with Crippen LogP contribution in [0.5, 0.6) is 0 Å². The fourth-order valence-electron chi connectivity index (χ4n) is 1.79. The summed E-state index contributed by atoms with van der Waals surface area (Å²) in [4.78, 5) is 11.8. The zero-order valence-corrected chi connectivity index (χ0v) is 9.32. The Balaban J connectivity index is 2.08. The number of carbonyl (C=O) groups is 1. The average molecular weight is 220 g/mol. The van der Waals surface area contributed by atoms with Gasteiger partial charge in [-0.15, -0.1) is 0 Å². The van der Waals surface area contributed by atoms with Gasteiger partial charge in [0.25, 0.3) is 5.91 Å². The molecule has 1 unspecified atom stereocenters. The van der Waals surface area contributed by atoms with Crippen LogP contribution in [0, 0.1) is 6.92 Å². The molecule has 2 rings (SSSR count). The Labute approximate surface area is 94.8 Å². The summed E-state index contributed by atoms with van der Waals surface area (Å²) in [7, 11) is 0. The first-order valence-corrected chi connectivity index (χ1v) is 5.46. The molecule has 1 saturated heterocycles. The molecule has 3 N–H and O–H groups in total. The molecule has 0 bridgehead atoms. The summed E-state index contributed by atoms with van der Waals surface area (Å²) >= 11 is 0. The molecule has 1 fully saturated rings. The van der Waals surface area contributed by atoms with Crippen LogP contribution in [0.3, 0.4) is 0 Å². The van der Waals surface area contributed by atoms with E-state index in [9.17, 15) is 4.79 Å². The van der Waals surface area contributed by atoms with Crippen LogP contribution in [0.15, 0.2) is 18.2 Å². The van der Waals surface area contributed by atoms with E-state index in [4.69, 9.17) is 10.5 Å². The van der Waals surface area contributed by atoms with Crippen molar-refractivity contribution >= 4 is 17.3 Å². The Kier molecular flexibility index (Phi) is 3.10. The zero-order valence-electron chi connectivity index (χ0n) is 9.32. The van der Waals surface area contributed by atoms with E-state index in [0.29, 0.717) is 12.3 Å². The lowest BCUT2D eigenvalue weighted by Gasteiger charge is -2.13. The fraction of sp³-hybridized carbons (Fsp3) is 0.417. The van der Waals surface area contributed by atoms with Crippen molar-refractivity contribution in [2.45, 2.75) is 25.9 Å². The third-order valence-electron chi connectivity index (χ3n) is 2.86. The molecule has 16 heavy (non-hydrogen) atoms. The molecule has 4 heteroatoms. The van der Waals surface area contributed by atoms with E-state index in [1.807, 2.05) is 25.1 Å². The van der Waals surface area contributed by atoms with Crippen molar-refractivity contribution < 1.29 is 9.53 Å². The monoisotopic (exact) mass is 220 g/mol. The summed E-state index contributed by atoms with van der Waals surface area (Å²) < 4.78 is 5.31. The van der Waals surface area contributed by atoms with E-state index in [2.05, 4.69) is 5.32 Å². The van der Waals surface area contributed by atoms with Crippen molar-refractivity contribution in [3.8, 4) is 0 Å². The van der Waals surface area contributed by atoms with Gasteiger partial charge in [0.05, 0.1) is 0 Å². The van der Waals surface area contributed by atoms with Crippen LogP contribution >= 0.6 is 0 Å². The highest BCUT2D eigenvalue weighted by molar-refractivity contribution is 5.95. The standard InChI is InChI=1S/C12H16N2O2/c1-8-9(13)4-2-5-10(8)14-12(15)11-6-3-7-16-11/h2,4-5,11H,3,6-7,13H2,1H3,(H,14,15). The zero-order chi connectivity index (χ0) is 11.5. The lowest BCUT2D eigenvalue weighted by Crippen LogP contribution is -2.27. The molecule has 0 spiro atoms. The second-order valence-corrected chi connectivity index (χ2v) is 4.01. The lowest BCUT2D eigenvalue weighted by atomic mass is 10.1. The second-order valence-electron chi connectivity index (χ2n) is 4.01. The molecule has 1 aromatic rings. The average Bonchev–Trinajstić information content (AvgIpc) is 2.78. The van der Waals surface area contributed by atoms with E-state index in [1.54, 1.807) is 0 Å². The summed E-state index contributed by atoms with van der Waals surface area (Å²) in [5.74, 6) is -0.0776. The van der Waals surface area contributed by atoms with Gasteiger partial charge < -0.3 is 15.8 Å². The Morgan fingerprint density at radius 2 is 2.38 bits per heavy atom. The third-order valence-corrected chi connectivity index (χ3v) is 2.86. The van der Waals surface area contributed by atoms with E-state index >= 15 is 0 Å².